The minimum absolute atomic E-state index is 0.103. The Morgan fingerprint density at radius 3 is 2.64 bits per heavy atom. The fourth-order valence-corrected chi connectivity index (χ4v) is 2.10. The molecule has 0 unspecified atom stereocenters. The topological polar surface area (TPSA) is 29.5 Å². The Hall–Kier alpha value is -0.0800. The average Bonchev–Trinajstić information content (AvgIpc) is 2.61. The fourth-order valence-electron chi connectivity index (χ4n) is 2.10. The summed E-state index contributed by atoms with van der Waals surface area (Å²) in [5.41, 5.74) is 0. The molecule has 0 aromatic heterocycles. The summed E-state index contributed by atoms with van der Waals surface area (Å²) in [6.45, 7) is 4.06. The van der Waals surface area contributed by atoms with Crippen LogP contribution in [0.15, 0.2) is 0 Å². The molecule has 1 aliphatic heterocycles. The van der Waals surface area contributed by atoms with Crippen molar-refractivity contribution in [2.75, 3.05) is 0 Å². The molecule has 1 N–H and O–H groups in total. The number of rotatable bonds is 6. The number of unbranched alkanes of at least 4 members (excludes halogenated alkanes) is 3. The maximum absolute atomic E-state index is 9.35. The van der Waals surface area contributed by atoms with E-state index in [1.165, 1.54) is 32.1 Å². The Bertz CT molecular complexity index is 145. The second-order valence-electron chi connectivity index (χ2n) is 4.46. The molecule has 0 aliphatic carbocycles. The molecular weight excluding hydrogens is 176 g/mol. The summed E-state index contributed by atoms with van der Waals surface area (Å²) in [6.07, 6.45) is 8.84. The van der Waals surface area contributed by atoms with Gasteiger partial charge in [0, 0.05) is 0 Å². The number of hydrogen-bond donors (Lipinski definition) is 1. The number of aliphatic hydroxyl groups excluding tert-OH is 1. The van der Waals surface area contributed by atoms with Gasteiger partial charge in [-0.1, -0.05) is 32.6 Å². The summed E-state index contributed by atoms with van der Waals surface area (Å²) in [7, 11) is 0. The molecule has 1 fully saturated rings. The van der Waals surface area contributed by atoms with Crippen molar-refractivity contribution in [3.05, 3.63) is 0 Å². The summed E-state index contributed by atoms with van der Waals surface area (Å²) >= 11 is 0. The molecular formula is C12H24O2. The van der Waals surface area contributed by atoms with Crippen LogP contribution in [0.25, 0.3) is 0 Å². The fraction of sp³-hybridized carbons (Fsp3) is 1.00. The molecule has 0 spiro atoms. The Balaban J connectivity index is 2.04. The second kappa shape index (κ2) is 6.41. The van der Waals surface area contributed by atoms with E-state index in [2.05, 4.69) is 6.92 Å². The zero-order chi connectivity index (χ0) is 10.4. The SMILES string of the molecule is CCCCCC[C@@H]1CC[C@@H]([C@H](C)O)O1. The van der Waals surface area contributed by atoms with Crippen LogP contribution in [0.3, 0.4) is 0 Å². The molecule has 14 heavy (non-hydrogen) atoms. The first-order chi connectivity index (χ1) is 6.74. The average molecular weight is 200 g/mol. The maximum Gasteiger partial charge on any atom is 0.0835 e. The molecule has 0 radical (unpaired) electrons. The Morgan fingerprint density at radius 2 is 2.07 bits per heavy atom. The van der Waals surface area contributed by atoms with Crippen molar-refractivity contribution in [1.82, 2.24) is 0 Å². The lowest BCUT2D eigenvalue weighted by molar-refractivity contribution is -0.0291. The van der Waals surface area contributed by atoms with Crippen LogP contribution in [0.1, 0.15) is 58.8 Å². The predicted molar refractivity (Wildman–Crippen MR) is 58.3 cm³/mol. The number of aliphatic hydroxyl groups is 1. The van der Waals surface area contributed by atoms with E-state index in [4.69, 9.17) is 4.74 Å². The van der Waals surface area contributed by atoms with Gasteiger partial charge in [-0.05, 0) is 26.2 Å². The number of ether oxygens (including phenoxy) is 1. The van der Waals surface area contributed by atoms with E-state index in [1.807, 2.05) is 6.92 Å². The van der Waals surface area contributed by atoms with Crippen LogP contribution in [-0.2, 0) is 4.74 Å². The molecule has 1 aliphatic rings. The van der Waals surface area contributed by atoms with Crippen molar-refractivity contribution in [1.29, 1.82) is 0 Å². The van der Waals surface area contributed by atoms with Crippen LogP contribution in [0.2, 0.25) is 0 Å². The first kappa shape index (κ1) is 12.0. The minimum atomic E-state index is -0.296. The zero-order valence-corrected chi connectivity index (χ0v) is 9.54. The molecule has 0 aromatic rings. The lowest BCUT2D eigenvalue weighted by Crippen LogP contribution is -2.23. The van der Waals surface area contributed by atoms with Gasteiger partial charge in [-0.15, -0.1) is 0 Å². The third kappa shape index (κ3) is 3.97. The van der Waals surface area contributed by atoms with Gasteiger partial charge in [0.15, 0.2) is 0 Å². The van der Waals surface area contributed by atoms with Crippen molar-refractivity contribution in [2.45, 2.75) is 77.1 Å². The summed E-state index contributed by atoms with van der Waals surface area (Å²) in [5.74, 6) is 0. The normalized spacial score (nSPS) is 29.4. The van der Waals surface area contributed by atoms with Gasteiger partial charge in [-0.3, -0.25) is 0 Å². The van der Waals surface area contributed by atoms with Gasteiger partial charge in [0.25, 0.3) is 0 Å². The van der Waals surface area contributed by atoms with E-state index in [9.17, 15) is 5.11 Å². The summed E-state index contributed by atoms with van der Waals surface area (Å²) in [5, 5.41) is 9.35. The zero-order valence-electron chi connectivity index (χ0n) is 9.54. The van der Waals surface area contributed by atoms with Crippen molar-refractivity contribution >= 4 is 0 Å². The van der Waals surface area contributed by atoms with Crippen LogP contribution in [0.5, 0.6) is 0 Å². The van der Waals surface area contributed by atoms with Crippen LogP contribution in [0.4, 0.5) is 0 Å². The van der Waals surface area contributed by atoms with Crippen LogP contribution < -0.4 is 0 Å². The van der Waals surface area contributed by atoms with E-state index in [-0.39, 0.29) is 12.2 Å². The summed E-state index contributed by atoms with van der Waals surface area (Å²) in [6, 6.07) is 0. The lowest BCUT2D eigenvalue weighted by atomic mass is 10.1. The molecule has 1 rings (SSSR count). The second-order valence-corrected chi connectivity index (χ2v) is 4.46. The molecule has 0 saturated carbocycles. The van der Waals surface area contributed by atoms with Gasteiger partial charge < -0.3 is 9.84 Å². The first-order valence-corrected chi connectivity index (χ1v) is 6.07. The number of hydrogen-bond acceptors (Lipinski definition) is 2. The van der Waals surface area contributed by atoms with E-state index >= 15 is 0 Å². The highest BCUT2D eigenvalue weighted by atomic mass is 16.5. The molecule has 2 heteroatoms. The van der Waals surface area contributed by atoms with Crippen LogP contribution in [-0.4, -0.2) is 23.4 Å². The highest BCUT2D eigenvalue weighted by Gasteiger charge is 2.27. The van der Waals surface area contributed by atoms with Gasteiger partial charge in [-0.25, -0.2) is 0 Å². The lowest BCUT2D eigenvalue weighted by Gasteiger charge is -2.15. The van der Waals surface area contributed by atoms with E-state index in [0.717, 1.165) is 12.8 Å². The Labute approximate surface area is 87.7 Å². The molecule has 84 valence electrons. The molecule has 1 saturated heterocycles. The van der Waals surface area contributed by atoms with Gasteiger partial charge in [0.1, 0.15) is 0 Å². The summed E-state index contributed by atoms with van der Waals surface area (Å²) in [4.78, 5) is 0. The van der Waals surface area contributed by atoms with Crippen LogP contribution in [0, 0.1) is 0 Å². The molecule has 0 amide bonds. The molecule has 1 heterocycles. The highest BCUT2D eigenvalue weighted by Crippen LogP contribution is 2.25. The standard InChI is InChI=1S/C12H24O2/c1-3-4-5-6-7-11-8-9-12(14-11)10(2)13/h10-13H,3-9H2,1-2H3/t10-,11+,12-/m0/s1. The van der Waals surface area contributed by atoms with Gasteiger partial charge in [0.2, 0.25) is 0 Å². The van der Waals surface area contributed by atoms with Crippen molar-refractivity contribution in [3.63, 3.8) is 0 Å². The van der Waals surface area contributed by atoms with Gasteiger partial charge in [0.05, 0.1) is 18.3 Å². The van der Waals surface area contributed by atoms with Gasteiger partial charge >= 0.3 is 0 Å². The minimum Gasteiger partial charge on any atom is -0.391 e. The largest absolute Gasteiger partial charge is 0.391 e. The molecule has 2 nitrogen and oxygen atoms in total. The third-order valence-electron chi connectivity index (χ3n) is 3.06. The maximum atomic E-state index is 9.35. The first-order valence-electron chi connectivity index (χ1n) is 6.07. The monoisotopic (exact) mass is 200 g/mol. The predicted octanol–water partition coefficient (Wildman–Crippen LogP) is 2.89. The smallest absolute Gasteiger partial charge is 0.0835 e. The highest BCUT2D eigenvalue weighted by molar-refractivity contribution is 4.76. The molecule has 3 atom stereocenters. The molecule has 0 bridgehead atoms. The quantitative estimate of drug-likeness (QED) is 0.668. The van der Waals surface area contributed by atoms with E-state index in [0.29, 0.717) is 6.10 Å². The van der Waals surface area contributed by atoms with Crippen molar-refractivity contribution in [2.24, 2.45) is 0 Å². The third-order valence-corrected chi connectivity index (χ3v) is 3.06. The Kier molecular flexibility index (Phi) is 5.49. The molecule has 0 aromatic carbocycles. The van der Waals surface area contributed by atoms with Gasteiger partial charge in [-0.2, -0.15) is 0 Å². The van der Waals surface area contributed by atoms with Crippen molar-refractivity contribution < 1.29 is 9.84 Å². The Morgan fingerprint density at radius 1 is 1.29 bits per heavy atom. The van der Waals surface area contributed by atoms with E-state index in [1.54, 1.807) is 0 Å². The summed E-state index contributed by atoms with van der Waals surface area (Å²) < 4.78 is 5.75. The van der Waals surface area contributed by atoms with Crippen molar-refractivity contribution in [3.8, 4) is 0 Å². The van der Waals surface area contributed by atoms with E-state index < -0.39 is 0 Å². The van der Waals surface area contributed by atoms with Crippen LogP contribution >= 0.6 is 0 Å².